The zero-order valence-electron chi connectivity index (χ0n) is 12.2. The van der Waals surface area contributed by atoms with Crippen molar-refractivity contribution in [3.05, 3.63) is 51.7 Å². The third-order valence-corrected chi connectivity index (χ3v) is 4.07. The first-order valence-electron chi connectivity index (χ1n) is 6.94. The van der Waals surface area contributed by atoms with Crippen LogP contribution in [0.1, 0.15) is 29.7 Å². The maximum atomic E-state index is 11.8. The molecule has 21 heavy (non-hydrogen) atoms. The molecule has 0 spiro atoms. The summed E-state index contributed by atoms with van der Waals surface area (Å²) in [7, 11) is 0. The Balaban J connectivity index is 1.87. The second-order valence-electron chi connectivity index (χ2n) is 4.90. The van der Waals surface area contributed by atoms with Crippen LogP contribution in [0.5, 0.6) is 0 Å². The molecule has 0 aliphatic carbocycles. The lowest BCUT2D eigenvalue weighted by molar-refractivity contribution is 0.175. The summed E-state index contributed by atoms with van der Waals surface area (Å²) in [5.41, 5.74) is 4.02. The third-order valence-electron chi connectivity index (χ3n) is 3.37. The molecule has 2 rings (SSSR count). The van der Waals surface area contributed by atoms with Gasteiger partial charge in [0.25, 0.3) is 0 Å². The van der Waals surface area contributed by atoms with Gasteiger partial charge in [0.05, 0.1) is 6.10 Å². The Morgan fingerprint density at radius 1 is 1.38 bits per heavy atom. The Kier molecular flexibility index (Phi) is 5.36. The monoisotopic (exact) mass is 304 g/mol. The van der Waals surface area contributed by atoms with Crippen molar-refractivity contribution in [2.45, 2.75) is 26.4 Å². The summed E-state index contributed by atoms with van der Waals surface area (Å²) < 4.78 is 0. The number of aryl methyl sites for hydroxylation is 2. The van der Waals surface area contributed by atoms with Gasteiger partial charge >= 0.3 is 6.03 Å². The van der Waals surface area contributed by atoms with Gasteiger partial charge in [-0.1, -0.05) is 13.0 Å². The van der Waals surface area contributed by atoms with Crippen molar-refractivity contribution >= 4 is 23.1 Å². The number of urea groups is 1. The van der Waals surface area contributed by atoms with E-state index in [2.05, 4.69) is 24.5 Å². The van der Waals surface area contributed by atoms with Crippen molar-refractivity contribution < 1.29 is 9.90 Å². The number of thiophene rings is 1. The molecule has 0 saturated heterocycles. The van der Waals surface area contributed by atoms with E-state index in [1.54, 1.807) is 0 Å². The zero-order valence-corrected chi connectivity index (χ0v) is 13.0. The van der Waals surface area contributed by atoms with Crippen molar-refractivity contribution in [3.63, 3.8) is 0 Å². The molecule has 4 nitrogen and oxygen atoms in total. The van der Waals surface area contributed by atoms with Crippen LogP contribution in [-0.4, -0.2) is 17.7 Å². The van der Waals surface area contributed by atoms with E-state index in [-0.39, 0.29) is 12.6 Å². The van der Waals surface area contributed by atoms with Gasteiger partial charge < -0.3 is 15.7 Å². The molecule has 5 heteroatoms. The molecule has 3 N–H and O–H groups in total. The molecular weight excluding hydrogens is 284 g/mol. The summed E-state index contributed by atoms with van der Waals surface area (Å²) in [4.78, 5) is 11.8. The van der Waals surface area contributed by atoms with Gasteiger partial charge in [-0.2, -0.15) is 11.3 Å². The molecule has 0 radical (unpaired) electrons. The van der Waals surface area contributed by atoms with Gasteiger partial charge in [0, 0.05) is 12.2 Å². The number of carbonyl (C=O) groups excluding carboxylic acids is 1. The van der Waals surface area contributed by atoms with Gasteiger partial charge in [-0.05, 0) is 59.0 Å². The molecule has 112 valence electrons. The first-order chi connectivity index (χ1) is 10.1. The highest BCUT2D eigenvalue weighted by Crippen LogP contribution is 2.17. The van der Waals surface area contributed by atoms with Gasteiger partial charge in [0.15, 0.2) is 0 Å². The van der Waals surface area contributed by atoms with Crippen LogP contribution in [0, 0.1) is 6.92 Å². The van der Waals surface area contributed by atoms with E-state index in [0.29, 0.717) is 0 Å². The number of aliphatic hydroxyl groups is 1. The fourth-order valence-corrected chi connectivity index (χ4v) is 2.78. The van der Waals surface area contributed by atoms with Crippen molar-refractivity contribution in [2.75, 3.05) is 11.9 Å². The minimum atomic E-state index is -0.675. The van der Waals surface area contributed by atoms with E-state index < -0.39 is 6.10 Å². The second-order valence-corrected chi connectivity index (χ2v) is 5.68. The van der Waals surface area contributed by atoms with Gasteiger partial charge in [-0.15, -0.1) is 0 Å². The second kappa shape index (κ2) is 7.24. The maximum Gasteiger partial charge on any atom is 0.319 e. The minimum absolute atomic E-state index is 0.190. The van der Waals surface area contributed by atoms with E-state index in [9.17, 15) is 9.90 Å². The third kappa shape index (κ3) is 4.31. The van der Waals surface area contributed by atoms with E-state index in [0.717, 1.165) is 17.7 Å². The zero-order chi connectivity index (χ0) is 15.2. The predicted octanol–water partition coefficient (Wildman–Crippen LogP) is 3.47. The molecule has 0 aliphatic rings. The fourth-order valence-electron chi connectivity index (χ4n) is 2.08. The van der Waals surface area contributed by atoms with Gasteiger partial charge in [0.1, 0.15) is 0 Å². The number of hydrogen-bond donors (Lipinski definition) is 3. The Bertz CT molecular complexity index is 596. The van der Waals surface area contributed by atoms with E-state index in [4.69, 9.17) is 0 Å². The van der Waals surface area contributed by atoms with E-state index in [1.807, 2.05) is 35.0 Å². The molecule has 1 unspecified atom stereocenters. The van der Waals surface area contributed by atoms with Gasteiger partial charge in [0.2, 0.25) is 0 Å². The highest BCUT2D eigenvalue weighted by atomic mass is 32.1. The first kappa shape index (κ1) is 15.5. The van der Waals surface area contributed by atoms with E-state index in [1.165, 1.54) is 22.5 Å². The highest BCUT2D eigenvalue weighted by Gasteiger charge is 2.10. The van der Waals surface area contributed by atoms with Gasteiger partial charge in [-0.25, -0.2) is 4.79 Å². The molecule has 0 bridgehead atoms. The lowest BCUT2D eigenvalue weighted by atomic mass is 10.1. The predicted molar refractivity (Wildman–Crippen MR) is 86.9 cm³/mol. The van der Waals surface area contributed by atoms with Crippen LogP contribution in [-0.2, 0) is 6.42 Å². The Morgan fingerprint density at radius 2 is 2.19 bits per heavy atom. The fraction of sp³-hybridized carbons (Fsp3) is 0.312. The Labute approximate surface area is 128 Å². The molecule has 2 aromatic rings. The number of carbonyl (C=O) groups is 1. The normalized spacial score (nSPS) is 12.0. The molecule has 1 heterocycles. The number of anilines is 1. The number of benzene rings is 1. The molecular formula is C16H20N2O2S. The summed E-state index contributed by atoms with van der Waals surface area (Å²) in [6.07, 6.45) is 0.256. The van der Waals surface area contributed by atoms with Crippen molar-refractivity contribution in [2.24, 2.45) is 0 Å². The minimum Gasteiger partial charge on any atom is -0.387 e. The van der Waals surface area contributed by atoms with Crippen LogP contribution < -0.4 is 10.6 Å². The maximum absolute atomic E-state index is 11.8. The van der Waals surface area contributed by atoms with Crippen LogP contribution in [0.3, 0.4) is 0 Å². The largest absolute Gasteiger partial charge is 0.387 e. The average molecular weight is 304 g/mol. The summed E-state index contributed by atoms with van der Waals surface area (Å²) >= 11 is 1.52. The van der Waals surface area contributed by atoms with Crippen LogP contribution in [0.25, 0.3) is 0 Å². The van der Waals surface area contributed by atoms with Crippen molar-refractivity contribution in [3.8, 4) is 0 Å². The summed E-state index contributed by atoms with van der Waals surface area (Å²) in [6.45, 7) is 4.33. The Morgan fingerprint density at radius 3 is 2.86 bits per heavy atom. The molecule has 1 aromatic heterocycles. The lowest BCUT2D eigenvalue weighted by Crippen LogP contribution is -2.32. The quantitative estimate of drug-likeness (QED) is 0.792. The molecule has 0 saturated carbocycles. The van der Waals surface area contributed by atoms with E-state index >= 15 is 0 Å². The molecule has 1 aromatic carbocycles. The summed E-state index contributed by atoms with van der Waals surface area (Å²) in [5.74, 6) is 0. The molecule has 0 aliphatic heterocycles. The van der Waals surface area contributed by atoms with Crippen LogP contribution in [0.15, 0.2) is 35.0 Å². The standard InChI is InChI=1S/C16H20N2O2S/c1-3-12-8-14(5-4-11(12)2)18-16(20)17-9-15(19)13-6-7-21-10-13/h4-8,10,15,19H,3,9H2,1-2H3,(H2,17,18,20). The molecule has 2 amide bonds. The average Bonchev–Trinajstić information content (AvgIpc) is 3.01. The summed E-state index contributed by atoms with van der Waals surface area (Å²) in [5, 5.41) is 19.1. The SMILES string of the molecule is CCc1cc(NC(=O)NCC(O)c2ccsc2)ccc1C. The van der Waals surface area contributed by atoms with Crippen molar-refractivity contribution in [1.82, 2.24) is 5.32 Å². The van der Waals surface area contributed by atoms with Gasteiger partial charge in [-0.3, -0.25) is 0 Å². The molecule has 0 fully saturated rings. The number of amides is 2. The van der Waals surface area contributed by atoms with Crippen LogP contribution in [0.2, 0.25) is 0 Å². The molecule has 1 atom stereocenters. The van der Waals surface area contributed by atoms with Crippen LogP contribution >= 0.6 is 11.3 Å². The first-order valence-corrected chi connectivity index (χ1v) is 7.89. The van der Waals surface area contributed by atoms with Crippen molar-refractivity contribution in [1.29, 1.82) is 0 Å². The summed E-state index contributed by atoms with van der Waals surface area (Å²) in [6, 6.07) is 7.39. The topological polar surface area (TPSA) is 61.4 Å². The Hall–Kier alpha value is -1.85. The lowest BCUT2D eigenvalue weighted by Gasteiger charge is -2.12. The highest BCUT2D eigenvalue weighted by molar-refractivity contribution is 7.07. The van der Waals surface area contributed by atoms with Crippen LogP contribution in [0.4, 0.5) is 10.5 Å². The number of hydrogen-bond acceptors (Lipinski definition) is 3. The smallest absolute Gasteiger partial charge is 0.319 e. The number of aliphatic hydroxyl groups excluding tert-OH is 1. The number of nitrogens with one attached hydrogen (secondary N) is 2. The number of rotatable bonds is 5.